The van der Waals surface area contributed by atoms with Gasteiger partial charge in [-0.05, 0) is 20.8 Å². The normalized spacial score (nSPS) is 21.9. The SMILES string of the molecule is CCN1CC(C(=O)NC(C)C)CC1=O. The molecule has 1 aliphatic rings. The van der Waals surface area contributed by atoms with E-state index in [0.717, 1.165) is 0 Å². The Hall–Kier alpha value is -1.06. The first-order valence-electron chi connectivity index (χ1n) is 5.12. The van der Waals surface area contributed by atoms with Gasteiger partial charge in [-0.1, -0.05) is 0 Å². The third-order valence-electron chi connectivity index (χ3n) is 2.40. The summed E-state index contributed by atoms with van der Waals surface area (Å²) in [4.78, 5) is 24.7. The fourth-order valence-corrected chi connectivity index (χ4v) is 1.66. The van der Waals surface area contributed by atoms with E-state index in [1.807, 2.05) is 20.8 Å². The highest BCUT2D eigenvalue weighted by molar-refractivity contribution is 5.89. The van der Waals surface area contributed by atoms with Crippen molar-refractivity contribution in [2.24, 2.45) is 5.92 Å². The Bertz CT molecular complexity index is 238. The highest BCUT2D eigenvalue weighted by Crippen LogP contribution is 2.17. The lowest BCUT2D eigenvalue weighted by Gasteiger charge is -2.14. The van der Waals surface area contributed by atoms with Crippen LogP contribution in [0.3, 0.4) is 0 Å². The second-order valence-electron chi connectivity index (χ2n) is 4.00. The van der Waals surface area contributed by atoms with Gasteiger partial charge in [-0.2, -0.15) is 0 Å². The molecule has 4 nitrogen and oxygen atoms in total. The molecule has 0 saturated carbocycles. The van der Waals surface area contributed by atoms with Crippen LogP contribution in [0.4, 0.5) is 0 Å². The summed E-state index contributed by atoms with van der Waals surface area (Å²) in [5.74, 6) is -0.0504. The first kappa shape index (κ1) is 11.0. The van der Waals surface area contributed by atoms with Crippen molar-refractivity contribution in [3.63, 3.8) is 0 Å². The number of carbonyl (C=O) groups is 2. The van der Waals surface area contributed by atoms with Crippen molar-refractivity contribution in [2.75, 3.05) is 13.1 Å². The third kappa shape index (κ3) is 2.47. The number of nitrogens with one attached hydrogen (secondary N) is 1. The number of carbonyl (C=O) groups excluding carboxylic acids is 2. The van der Waals surface area contributed by atoms with Crippen LogP contribution >= 0.6 is 0 Å². The van der Waals surface area contributed by atoms with Crippen molar-refractivity contribution < 1.29 is 9.59 Å². The molecule has 1 aliphatic heterocycles. The van der Waals surface area contributed by atoms with Crippen LogP contribution < -0.4 is 5.32 Å². The zero-order chi connectivity index (χ0) is 10.7. The maximum absolute atomic E-state index is 11.6. The van der Waals surface area contributed by atoms with Gasteiger partial charge in [-0.15, -0.1) is 0 Å². The molecular weight excluding hydrogens is 180 g/mol. The van der Waals surface area contributed by atoms with E-state index in [9.17, 15) is 9.59 Å². The molecule has 1 fully saturated rings. The van der Waals surface area contributed by atoms with Gasteiger partial charge in [0.2, 0.25) is 11.8 Å². The van der Waals surface area contributed by atoms with Crippen LogP contribution in [0.1, 0.15) is 27.2 Å². The quantitative estimate of drug-likeness (QED) is 0.712. The van der Waals surface area contributed by atoms with Crippen molar-refractivity contribution in [2.45, 2.75) is 33.2 Å². The minimum absolute atomic E-state index is 0.00398. The van der Waals surface area contributed by atoms with Gasteiger partial charge in [0, 0.05) is 25.6 Å². The van der Waals surface area contributed by atoms with E-state index in [2.05, 4.69) is 5.32 Å². The van der Waals surface area contributed by atoms with Crippen LogP contribution in [-0.4, -0.2) is 35.8 Å². The number of amides is 2. The molecule has 0 aromatic rings. The van der Waals surface area contributed by atoms with E-state index in [0.29, 0.717) is 19.5 Å². The summed E-state index contributed by atoms with van der Waals surface area (Å²) >= 11 is 0. The Morgan fingerprint density at radius 2 is 2.29 bits per heavy atom. The summed E-state index contributed by atoms with van der Waals surface area (Å²) in [6.07, 6.45) is 0.367. The van der Waals surface area contributed by atoms with Gasteiger partial charge in [-0.25, -0.2) is 0 Å². The van der Waals surface area contributed by atoms with Crippen molar-refractivity contribution in [1.29, 1.82) is 0 Å². The van der Waals surface area contributed by atoms with Crippen molar-refractivity contribution in [3.8, 4) is 0 Å². The van der Waals surface area contributed by atoms with Gasteiger partial charge in [-0.3, -0.25) is 9.59 Å². The maximum Gasteiger partial charge on any atom is 0.225 e. The molecule has 0 aliphatic carbocycles. The van der Waals surface area contributed by atoms with Crippen molar-refractivity contribution >= 4 is 11.8 Å². The van der Waals surface area contributed by atoms with Gasteiger partial charge < -0.3 is 10.2 Å². The van der Waals surface area contributed by atoms with Crippen LogP contribution in [0.15, 0.2) is 0 Å². The average Bonchev–Trinajstić information content (AvgIpc) is 2.45. The summed E-state index contributed by atoms with van der Waals surface area (Å²) in [7, 11) is 0. The largest absolute Gasteiger partial charge is 0.354 e. The standard InChI is InChI=1S/C10H18N2O2/c1-4-12-6-8(5-9(12)13)10(14)11-7(2)3/h7-8H,4-6H2,1-3H3,(H,11,14). The number of likely N-dealkylation sites (tertiary alicyclic amines) is 1. The zero-order valence-corrected chi connectivity index (χ0v) is 9.04. The fraction of sp³-hybridized carbons (Fsp3) is 0.800. The van der Waals surface area contributed by atoms with Crippen LogP contribution in [0, 0.1) is 5.92 Å². The van der Waals surface area contributed by atoms with E-state index >= 15 is 0 Å². The molecule has 0 radical (unpaired) electrons. The molecule has 1 atom stereocenters. The molecule has 1 heterocycles. The number of hydrogen-bond donors (Lipinski definition) is 1. The lowest BCUT2D eigenvalue weighted by molar-refractivity contribution is -0.129. The molecule has 2 amide bonds. The summed E-state index contributed by atoms with van der Waals surface area (Å²) in [6.45, 7) is 7.05. The summed E-state index contributed by atoms with van der Waals surface area (Å²) in [5.41, 5.74) is 0. The molecule has 1 rings (SSSR count). The second-order valence-corrected chi connectivity index (χ2v) is 4.00. The van der Waals surface area contributed by atoms with E-state index < -0.39 is 0 Å². The first-order valence-corrected chi connectivity index (χ1v) is 5.12. The Morgan fingerprint density at radius 3 is 2.71 bits per heavy atom. The predicted molar refractivity (Wildman–Crippen MR) is 53.6 cm³/mol. The zero-order valence-electron chi connectivity index (χ0n) is 9.04. The average molecular weight is 198 g/mol. The van der Waals surface area contributed by atoms with Gasteiger partial charge in [0.15, 0.2) is 0 Å². The lowest BCUT2D eigenvalue weighted by atomic mass is 10.1. The van der Waals surface area contributed by atoms with Crippen LogP contribution in [-0.2, 0) is 9.59 Å². The topological polar surface area (TPSA) is 49.4 Å². The maximum atomic E-state index is 11.6. The van der Waals surface area contributed by atoms with Gasteiger partial charge in [0.25, 0.3) is 0 Å². The smallest absolute Gasteiger partial charge is 0.225 e. The predicted octanol–water partition coefficient (Wildman–Crippen LogP) is 0.379. The van der Waals surface area contributed by atoms with Crippen LogP contribution in [0.5, 0.6) is 0 Å². The molecule has 1 unspecified atom stereocenters. The Balaban J connectivity index is 2.48. The fourth-order valence-electron chi connectivity index (χ4n) is 1.66. The van der Waals surface area contributed by atoms with Gasteiger partial charge in [0.1, 0.15) is 0 Å². The highest BCUT2D eigenvalue weighted by Gasteiger charge is 2.33. The summed E-state index contributed by atoms with van der Waals surface area (Å²) < 4.78 is 0. The number of nitrogens with zero attached hydrogens (tertiary/aromatic N) is 1. The summed E-state index contributed by atoms with van der Waals surface area (Å²) in [5, 5.41) is 2.83. The monoisotopic (exact) mass is 198 g/mol. The molecule has 0 spiro atoms. The minimum atomic E-state index is -0.148. The van der Waals surface area contributed by atoms with Crippen molar-refractivity contribution in [1.82, 2.24) is 10.2 Å². The Kier molecular flexibility index (Phi) is 3.49. The van der Waals surface area contributed by atoms with Crippen LogP contribution in [0.25, 0.3) is 0 Å². The van der Waals surface area contributed by atoms with Crippen molar-refractivity contribution in [3.05, 3.63) is 0 Å². The van der Waals surface area contributed by atoms with Gasteiger partial charge >= 0.3 is 0 Å². The molecule has 14 heavy (non-hydrogen) atoms. The summed E-state index contributed by atoms with van der Waals surface area (Å²) in [6, 6.07) is 0.147. The molecular formula is C10H18N2O2. The minimum Gasteiger partial charge on any atom is -0.354 e. The molecule has 0 aromatic heterocycles. The lowest BCUT2D eigenvalue weighted by Crippen LogP contribution is -2.36. The highest BCUT2D eigenvalue weighted by atomic mass is 16.2. The Labute approximate surface area is 84.7 Å². The molecule has 0 aromatic carbocycles. The molecule has 0 bridgehead atoms. The van der Waals surface area contributed by atoms with E-state index in [1.165, 1.54) is 0 Å². The first-order chi connectivity index (χ1) is 6.54. The number of hydrogen-bond acceptors (Lipinski definition) is 2. The van der Waals surface area contributed by atoms with E-state index in [-0.39, 0.29) is 23.8 Å². The molecule has 1 N–H and O–H groups in total. The Morgan fingerprint density at radius 1 is 1.64 bits per heavy atom. The molecule has 4 heteroatoms. The van der Waals surface area contributed by atoms with E-state index in [4.69, 9.17) is 0 Å². The number of rotatable bonds is 3. The van der Waals surface area contributed by atoms with E-state index in [1.54, 1.807) is 4.90 Å². The molecule has 1 saturated heterocycles. The second kappa shape index (κ2) is 4.44. The van der Waals surface area contributed by atoms with Gasteiger partial charge in [0.05, 0.1) is 5.92 Å². The van der Waals surface area contributed by atoms with Crippen LogP contribution in [0.2, 0.25) is 0 Å². The molecule has 80 valence electrons. The third-order valence-corrected chi connectivity index (χ3v) is 2.40.